The van der Waals surface area contributed by atoms with Gasteiger partial charge in [0.25, 0.3) is 0 Å². The number of rotatable bonds is 16. The van der Waals surface area contributed by atoms with Crippen molar-refractivity contribution >= 4 is 12.2 Å². The molecule has 0 saturated heterocycles. The maximum Gasteiger partial charge on any atom is 0.243 e. The highest BCUT2D eigenvalue weighted by Crippen LogP contribution is 1.83. The van der Waals surface area contributed by atoms with Gasteiger partial charge in [-0.2, -0.15) is 0 Å². The number of aldehydes is 1. The average Bonchev–Trinajstić information content (AvgIpc) is 2.43. The van der Waals surface area contributed by atoms with Crippen molar-refractivity contribution in [2.45, 2.75) is 0 Å². The quantitative estimate of drug-likeness (QED) is 0.280. The second-order valence-electron chi connectivity index (χ2n) is 3.60. The molecule has 0 aliphatic heterocycles. The molecular weight excluding hydrogens is 270 g/mol. The van der Waals surface area contributed by atoms with Crippen LogP contribution in [0.2, 0.25) is 0 Å². The highest BCUT2D eigenvalue weighted by atomic mass is 16.6. The molecule has 2 N–H and O–H groups in total. The van der Waals surface area contributed by atoms with Crippen LogP contribution in [0.25, 0.3) is 0 Å². The molecule has 0 unspecified atom stereocenters. The summed E-state index contributed by atoms with van der Waals surface area (Å²) in [5.74, 6) is -0.495. The smallest absolute Gasteiger partial charge is 0.243 e. The predicted molar refractivity (Wildman–Crippen MR) is 69.4 cm³/mol. The minimum atomic E-state index is -0.495. The Kier molecular flexibility index (Phi) is 15.1. The number of carbonyl (C=O) groups excluding carboxylic acids is 2. The molecule has 0 spiro atoms. The van der Waals surface area contributed by atoms with Crippen molar-refractivity contribution in [3.05, 3.63) is 0 Å². The monoisotopic (exact) mass is 293 g/mol. The van der Waals surface area contributed by atoms with E-state index in [1.54, 1.807) is 0 Å². The van der Waals surface area contributed by atoms with E-state index < -0.39 is 5.91 Å². The lowest BCUT2D eigenvalue weighted by atomic mass is 10.6. The first kappa shape index (κ1) is 18.9. The molecule has 0 aromatic rings. The third-order valence-electron chi connectivity index (χ3n) is 1.92. The van der Waals surface area contributed by atoms with Gasteiger partial charge < -0.3 is 34.2 Å². The van der Waals surface area contributed by atoms with Gasteiger partial charge in [0.1, 0.15) is 19.5 Å². The van der Waals surface area contributed by atoms with E-state index in [0.717, 1.165) is 0 Å². The SMILES string of the molecule is NC(=O)COCCOCCOCCOCCOCC=O. The number of carbonyl (C=O) groups is 2. The second-order valence-corrected chi connectivity index (χ2v) is 3.60. The summed E-state index contributed by atoms with van der Waals surface area (Å²) in [6, 6.07) is 0. The van der Waals surface area contributed by atoms with Crippen LogP contribution in [0.15, 0.2) is 0 Å². The Morgan fingerprint density at radius 1 is 0.750 bits per heavy atom. The molecule has 8 heteroatoms. The summed E-state index contributed by atoms with van der Waals surface area (Å²) < 4.78 is 25.4. The molecule has 0 radical (unpaired) electrons. The Bertz CT molecular complexity index is 238. The molecular formula is C12H23NO7. The summed E-state index contributed by atoms with van der Waals surface area (Å²) in [4.78, 5) is 20.3. The molecule has 0 aliphatic carbocycles. The topological polar surface area (TPSA) is 106 Å². The Morgan fingerprint density at radius 2 is 1.15 bits per heavy atom. The lowest BCUT2D eigenvalue weighted by Crippen LogP contribution is -2.20. The largest absolute Gasteiger partial charge is 0.377 e. The first-order chi connectivity index (χ1) is 9.77. The van der Waals surface area contributed by atoms with E-state index in [9.17, 15) is 9.59 Å². The average molecular weight is 293 g/mol. The van der Waals surface area contributed by atoms with Crippen molar-refractivity contribution in [1.82, 2.24) is 0 Å². The third-order valence-corrected chi connectivity index (χ3v) is 1.92. The summed E-state index contributed by atoms with van der Waals surface area (Å²) in [6.45, 7) is 3.39. The molecule has 0 aromatic carbocycles. The number of hydrogen-bond acceptors (Lipinski definition) is 7. The van der Waals surface area contributed by atoms with E-state index in [2.05, 4.69) is 0 Å². The van der Waals surface area contributed by atoms with Crippen LogP contribution in [-0.2, 0) is 33.3 Å². The lowest BCUT2D eigenvalue weighted by Gasteiger charge is -2.07. The zero-order valence-corrected chi connectivity index (χ0v) is 11.6. The van der Waals surface area contributed by atoms with Crippen LogP contribution in [0.4, 0.5) is 0 Å². The third kappa shape index (κ3) is 16.9. The van der Waals surface area contributed by atoms with E-state index in [1.165, 1.54) is 0 Å². The first-order valence-corrected chi connectivity index (χ1v) is 6.38. The molecule has 0 bridgehead atoms. The van der Waals surface area contributed by atoms with Crippen molar-refractivity contribution in [3.63, 3.8) is 0 Å². The van der Waals surface area contributed by atoms with Crippen LogP contribution >= 0.6 is 0 Å². The fourth-order valence-corrected chi connectivity index (χ4v) is 1.08. The van der Waals surface area contributed by atoms with Crippen LogP contribution in [0.1, 0.15) is 0 Å². The zero-order valence-electron chi connectivity index (χ0n) is 11.6. The summed E-state index contributed by atoms with van der Waals surface area (Å²) in [5.41, 5.74) is 4.89. The molecule has 20 heavy (non-hydrogen) atoms. The summed E-state index contributed by atoms with van der Waals surface area (Å²) in [6.07, 6.45) is 0.696. The molecule has 0 saturated carbocycles. The lowest BCUT2D eigenvalue weighted by molar-refractivity contribution is -0.123. The van der Waals surface area contributed by atoms with E-state index in [1.807, 2.05) is 0 Å². The highest BCUT2D eigenvalue weighted by molar-refractivity contribution is 5.74. The predicted octanol–water partition coefficient (Wildman–Crippen LogP) is -1.25. The van der Waals surface area contributed by atoms with Crippen molar-refractivity contribution in [2.24, 2.45) is 5.73 Å². The maximum atomic E-state index is 10.3. The molecule has 0 fully saturated rings. The molecule has 1 amide bonds. The number of hydrogen-bond donors (Lipinski definition) is 1. The van der Waals surface area contributed by atoms with E-state index in [0.29, 0.717) is 59.1 Å². The van der Waals surface area contributed by atoms with Gasteiger partial charge in [-0.3, -0.25) is 4.79 Å². The number of primary amides is 1. The van der Waals surface area contributed by atoms with Gasteiger partial charge in [0.2, 0.25) is 5.91 Å². The molecule has 0 atom stereocenters. The van der Waals surface area contributed by atoms with Crippen LogP contribution in [0, 0.1) is 0 Å². The van der Waals surface area contributed by atoms with Crippen molar-refractivity contribution in [2.75, 3.05) is 66.1 Å². The fraction of sp³-hybridized carbons (Fsp3) is 0.833. The summed E-state index contributed by atoms with van der Waals surface area (Å²) >= 11 is 0. The fourth-order valence-electron chi connectivity index (χ4n) is 1.08. The van der Waals surface area contributed by atoms with Crippen LogP contribution < -0.4 is 5.73 Å². The maximum absolute atomic E-state index is 10.3. The van der Waals surface area contributed by atoms with Gasteiger partial charge in [0.05, 0.1) is 52.9 Å². The molecule has 118 valence electrons. The summed E-state index contributed by atoms with van der Waals surface area (Å²) in [5, 5.41) is 0. The minimum absolute atomic E-state index is 0.0895. The molecule has 0 heterocycles. The van der Waals surface area contributed by atoms with E-state index in [-0.39, 0.29) is 13.2 Å². The molecule has 0 aliphatic rings. The molecule has 0 aromatic heterocycles. The van der Waals surface area contributed by atoms with Gasteiger partial charge in [0, 0.05) is 0 Å². The summed E-state index contributed by atoms with van der Waals surface area (Å²) in [7, 11) is 0. The van der Waals surface area contributed by atoms with Crippen molar-refractivity contribution < 1.29 is 33.3 Å². The van der Waals surface area contributed by atoms with Gasteiger partial charge in [-0.05, 0) is 0 Å². The Hall–Kier alpha value is -1.06. The van der Waals surface area contributed by atoms with Gasteiger partial charge >= 0.3 is 0 Å². The Balaban J connectivity index is 2.95. The normalized spacial score (nSPS) is 10.6. The second kappa shape index (κ2) is 16.0. The zero-order chi connectivity index (χ0) is 14.9. The van der Waals surface area contributed by atoms with Crippen molar-refractivity contribution in [1.29, 1.82) is 0 Å². The number of nitrogens with two attached hydrogens (primary N) is 1. The Labute approximate surface area is 118 Å². The number of amides is 1. The van der Waals surface area contributed by atoms with E-state index in [4.69, 9.17) is 29.4 Å². The van der Waals surface area contributed by atoms with Crippen LogP contribution in [-0.4, -0.2) is 78.3 Å². The van der Waals surface area contributed by atoms with Crippen molar-refractivity contribution in [3.8, 4) is 0 Å². The van der Waals surface area contributed by atoms with Gasteiger partial charge in [-0.25, -0.2) is 0 Å². The Morgan fingerprint density at radius 3 is 1.55 bits per heavy atom. The highest BCUT2D eigenvalue weighted by Gasteiger charge is 1.95. The van der Waals surface area contributed by atoms with Gasteiger partial charge in [-0.1, -0.05) is 0 Å². The number of ether oxygens (including phenoxy) is 5. The minimum Gasteiger partial charge on any atom is -0.377 e. The molecule has 8 nitrogen and oxygen atoms in total. The standard InChI is InChI=1S/C12H23NO7/c13-12(15)11-20-10-9-19-8-7-18-6-5-17-4-3-16-2-1-14/h1H,2-11H2,(H2,13,15). The molecule has 0 rings (SSSR count). The van der Waals surface area contributed by atoms with Gasteiger partial charge in [0.15, 0.2) is 0 Å². The van der Waals surface area contributed by atoms with Crippen LogP contribution in [0.5, 0.6) is 0 Å². The van der Waals surface area contributed by atoms with E-state index >= 15 is 0 Å². The first-order valence-electron chi connectivity index (χ1n) is 6.38. The van der Waals surface area contributed by atoms with Crippen LogP contribution in [0.3, 0.4) is 0 Å². The van der Waals surface area contributed by atoms with Gasteiger partial charge in [-0.15, -0.1) is 0 Å².